The van der Waals surface area contributed by atoms with Crippen molar-refractivity contribution >= 4 is 22.8 Å². The Morgan fingerprint density at radius 2 is 2.00 bits per heavy atom. The third-order valence-corrected chi connectivity index (χ3v) is 3.75. The van der Waals surface area contributed by atoms with Gasteiger partial charge in [-0.05, 0) is 30.2 Å². The molecule has 0 heterocycles. The Hall–Kier alpha value is -1.37. The molecule has 5 nitrogen and oxygen atoms in total. The predicted octanol–water partition coefficient (Wildman–Crippen LogP) is 1.46. The maximum Gasteiger partial charge on any atom is 0.337 e. The molecule has 0 spiro atoms. The van der Waals surface area contributed by atoms with Gasteiger partial charge in [0.15, 0.2) is 5.12 Å². The number of methoxy groups -OCH3 is 1. The van der Waals surface area contributed by atoms with Gasteiger partial charge >= 0.3 is 5.97 Å². The van der Waals surface area contributed by atoms with Crippen LogP contribution in [0.2, 0.25) is 0 Å². The van der Waals surface area contributed by atoms with Crippen molar-refractivity contribution < 1.29 is 24.5 Å². The van der Waals surface area contributed by atoms with Crippen LogP contribution in [0.4, 0.5) is 0 Å². The monoisotopic (exact) mass is 298 g/mol. The summed E-state index contributed by atoms with van der Waals surface area (Å²) in [6.45, 7) is 3.13. The Balaban J connectivity index is 2.85. The summed E-state index contributed by atoms with van der Waals surface area (Å²) >= 11 is 0.957. The molecule has 1 aromatic rings. The van der Waals surface area contributed by atoms with E-state index in [9.17, 15) is 19.8 Å². The Morgan fingerprint density at radius 1 is 1.35 bits per heavy atom. The van der Waals surface area contributed by atoms with E-state index in [1.807, 2.05) is 0 Å². The molecule has 2 N–H and O–H groups in total. The molecule has 0 radical (unpaired) electrons. The Kier molecular flexibility index (Phi) is 6.19. The molecule has 110 valence electrons. The lowest BCUT2D eigenvalue weighted by Crippen LogP contribution is -2.22. The number of carbonyl (C=O) groups is 2. The summed E-state index contributed by atoms with van der Waals surface area (Å²) in [6.07, 6.45) is -2.15. The maximum absolute atomic E-state index is 11.4. The molecule has 0 saturated carbocycles. The van der Waals surface area contributed by atoms with Gasteiger partial charge in [0, 0.05) is 12.7 Å². The summed E-state index contributed by atoms with van der Waals surface area (Å²) in [5.41, 5.74) is 1.58. The molecular formula is C14H18O5S. The quantitative estimate of drug-likeness (QED) is 0.801. The first-order chi connectivity index (χ1) is 9.36. The maximum atomic E-state index is 11.4. The van der Waals surface area contributed by atoms with Crippen LogP contribution in [-0.4, -0.2) is 40.3 Å². The highest BCUT2D eigenvalue weighted by atomic mass is 32.2. The van der Waals surface area contributed by atoms with E-state index in [0.717, 1.165) is 11.8 Å². The summed E-state index contributed by atoms with van der Waals surface area (Å²) in [7, 11) is 1.29. The van der Waals surface area contributed by atoms with Crippen molar-refractivity contribution in [2.45, 2.75) is 26.1 Å². The van der Waals surface area contributed by atoms with Gasteiger partial charge in [-0.2, -0.15) is 0 Å². The number of rotatable bonds is 5. The Bertz CT molecular complexity index is 500. The van der Waals surface area contributed by atoms with Crippen molar-refractivity contribution in [2.24, 2.45) is 0 Å². The van der Waals surface area contributed by atoms with Gasteiger partial charge in [0.2, 0.25) is 0 Å². The molecule has 2 unspecified atom stereocenters. The largest absolute Gasteiger partial charge is 0.465 e. The predicted molar refractivity (Wildman–Crippen MR) is 76.6 cm³/mol. The number of aliphatic hydroxyl groups is 2. The van der Waals surface area contributed by atoms with E-state index < -0.39 is 18.2 Å². The molecule has 2 atom stereocenters. The van der Waals surface area contributed by atoms with E-state index in [1.54, 1.807) is 19.1 Å². The summed E-state index contributed by atoms with van der Waals surface area (Å²) in [5.74, 6) is -0.337. The third kappa shape index (κ3) is 4.33. The standard InChI is InChI=1S/C14H18O5S/c1-8-6-10(14(18)19-3)4-5-11(8)13(17)12(16)7-20-9(2)15/h4-6,12-13,16-17H,7H2,1-3H3. The molecule has 0 aliphatic rings. The number of thioether (sulfide) groups is 1. The Labute approximate surface area is 121 Å². The van der Waals surface area contributed by atoms with Crippen LogP contribution in [0.3, 0.4) is 0 Å². The summed E-state index contributed by atoms with van der Waals surface area (Å²) < 4.78 is 4.61. The van der Waals surface area contributed by atoms with Gasteiger partial charge in [-0.15, -0.1) is 0 Å². The third-order valence-electron chi connectivity index (χ3n) is 2.83. The number of benzene rings is 1. The second-order valence-electron chi connectivity index (χ2n) is 4.38. The summed E-state index contributed by atoms with van der Waals surface area (Å²) in [5, 5.41) is 19.8. The average Bonchev–Trinajstić information content (AvgIpc) is 2.42. The van der Waals surface area contributed by atoms with Crippen LogP contribution in [0.1, 0.15) is 34.5 Å². The van der Waals surface area contributed by atoms with Crippen LogP contribution >= 0.6 is 11.8 Å². The minimum atomic E-state index is -1.10. The first-order valence-corrected chi connectivity index (χ1v) is 7.03. The van der Waals surface area contributed by atoms with E-state index in [1.165, 1.54) is 20.1 Å². The van der Waals surface area contributed by atoms with Crippen molar-refractivity contribution in [2.75, 3.05) is 12.9 Å². The molecule has 0 amide bonds. The van der Waals surface area contributed by atoms with Gasteiger partial charge < -0.3 is 14.9 Å². The molecule has 1 aromatic carbocycles. The molecular weight excluding hydrogens is 280 g/mol. The highest BCUT2D eigenvalue weighted by molar-refractivity contribution is 8.13. The fourth-order valence-electron chi connectivity index (χ4n) is 1.75. The molecule has 0 aliphatic carbocycles. The van der Waals surface area contributed by atoms with Crippen LogP contribution in [0.5, 0.6) is 0 Å². The number of hydrogen-bond donors (Lipinski definition) is 2. The molecule has 0 saturated heterocycles. The minimum absolute atomic E-state index is 0.117. The zero-order valence-electron chi connectivity index (χ0n) is 11.6. The average molecular weight is 298 g/mol. The molecule has 0 fully saturated rings. The van der Waals surface area contributed by atoms with E-state index in [2.05, 4.69) is 4.74 Å². The fraction of sp³-hybridized carbons (Fsp3) is 0.429. The number of esters is 1. The molecule has 1 rings (SSSR count). The number of ether oxygens (including phenoxy) is 1. The number of carbonyl (C=O) groups excluding carboxylic acids is 2. The molecule has 0 bridgehead atoms. The number of hydrogen-bond acceptors (Lipinski definition) is 6. The van der Waals surface area contributed by atoms with Crippen molar-refractivity contribution in [3.05, 3.63) is 34.9 Å². The highest BCUT2D eigenvalue weighted by Crippen LogP contribution is 2.24. The lowest BCUT2D eigenvalue weighted by molar-refractivity contribution is -0.109. The van der Waals surface area contributed by atoms with E-state index in [4.69, 9.17) is 0 Å². The highest BCUT2D eigenvalue weighted by Gasteiger charge is 2.21. The van der Waals surface area contributed by atoms with E-state index >= 15 is 0 Å². The van der Waals surface area contributed by atoms with Gasteiger partial charge in [-0.3, -0.25) is 4.79 Å². The van der Waals surface area contributed by atoms with E-state index in [-0.39, 0.29) is 10.9 Å². The molecule has 20 heavy (non-hydrogen) atoms. The van der Waals surface area contributed by atoms with Gasteiger partial charge in [0.05, 0.1) is 18.8 Å². The first kappa shape index (κ1) is 16.7. The number of aryl methyl sites for hydroxylation is 1. The Morgan fingerprint density at radius 3 is 2.50 bits per heavy atom. The zero-order chi connectivity index (χ0) is 15.3. The van der Waals surface area contributed by atoms with E-state index in [0.29, 0.717) is 16.7 Å². The van der Waals surface area contributed by atoms with Crippen LogP contribution in [-0.2, 0) is 9.53 Å². The van der Waals surface area contributed by atoms with Crippen LogP contribution < -0.4 is 0 Å². The van der Waals surface area contributed by atoms with Crippen molar-refractivity contribution in [3.8, 4) is 0 Å². The second-order valence-corrected chi connectivity index (χ2v) is 5.57. The number of aliphatic hydroxyl groups excluding tert-OH is 2. The van der Waals surface area contributed by atoms with Crippen molar-refractivity contribution in [1.82, 2.24) is 0 Å². The van der Waals surface area contributed by atoms with Gasteiger partial charge in [-0.1, -0.05) is 17.8 Å². The first-order valence-electron chi connectivity index (χ1n) is 6.05. The summed E-state index contributed by atoms with van der Waals surface area (Å²) in [4.78, 5) is 22.2. The molecule has 0 aromatic heterocycles. The van der Waals surface area contributed by atoms with Gasteiger partial charge in [0.1, 0.15) is 6.10 Å². The van der Waals surface area contributed by atoms with Gasteiger partial charge in [-0.25, -0.2) is 4.79 Å². The zero-order valence-corrected chi connectivity index (χ0v) is 12.4. The second kappa shape index (κ2) is 7.42. The lowest BCUT2D eigenvalue weighted by Gasteiger charge is -2.19. The van der Waals surface area contributed by atoms with Crippen LogP contribution in [0.15, 0.2) is 18.2 Å². The smallest absolute Gasteiger partial charge is 0.337 e. The van der Waals surface area contributed by atoms with Crippen molar-refractivity contribution in [1.29, 1.82) is 0 Å². The topological polar surface area (TPSA) is 83.8 Å². The normalized spacial score (nSPS) is 13.7. The molecule has 0 aliphatic heterocycles. The van der Waals surface area contributed by atoms with Crippen LogP contribution in [0.25, 0.3) is 0 Å². The van der Waals surface area contributed by atoms with Crippen molar-refractivity contribution in [3.63, 3.8) is 0 Å². The lowest BCUT2D eigenvalue weighted by atomic mass is 9.98. The van der Waals surface area contributed by atoms with Gasteiger partial charge in [0.25, 0.3) is 0 Å². The SMILES string of the molecule is COC(=O)c1ccc(C(O)C(O)CSC(C)=O)c(C)c1. The van der Waals surface area contributed by atoms with Crippen LogP contribution in [0, 0.1) is 6.92 Å². The molecule has 6 heteroatoms. The fourth-order valence-corrected chi connectivity index (χ4v) is 2.34. The summed E-state index contributed by atoms with van der Waals surface area (Å²) in [6, 6.07) is 4.70. The minimum Gasteiger partial charge on any atom is -0.465 e.